The number of benzene rings is 1. The van der Waals surface area contributed by atoms with Gasteiger partial charge < -0.3 is 5.11 Å². The van der Waals surface area contributed by atoms with Gasteiger partial charge in [0.05, 0.1) is 0 Å². The van der Waals surface area contributed by atoms with E-state index >= 15 is 0 Å². The first kappa shape index (κ1) is 20.5. The van der Waals surface area contributed by atoms with Gasteiger partial charge in [0.25, 0.3) is 11.8 Å². The molecule has 0 saturated heterocycles. The third kappa shape index (κ3) is 2.93. The van der Waals surface area contributed by atoms with Crippen molar-refractivity contribution >= 4 is 41.0 Å². The number of amides is 2. The average Bonchev–Trinajstić information content (AvgIpc) is 2.88. The molecule has 0 aromatic heterocycles. The minimum atomic E-state index is -1.54. The number of aliphatic carboxylic acids is 1. The zero-order chi connectivity index (χ0) is 20.0. The highest BCUT2D eigenvalue weighted by molar-refractivity contribution is 6.37. The molecule has 0 bridgehead atoms. The molecule has 0 aliphatic carbocycles. The first-order valence-corrected chi connectivity index (χ1v) is 8.94. The number of carboxylic acid groups (broad SMARTS) is 1. The zero-order valence-electron chi connectivity index (χ0n) is 15.3. The number of nitrogens with zero attached hydrogens (tertiary/aromatic N) is 1. The molecule has 1 aliphatic heterocycles. The van der Waals surface area contributed by atoms with Crippen molar-refractivity contribution in [1.29, 1.82) is 0 Å². The Morgan fingerprint density at radius 2 is 1.46 bits per heavy atom. The molecule has 0 saturated carbocycles. The maximum absolute atomic E-state index is 12.5. The van der Waals surface area contributed by atoms with Crippen LogP contribution < -0.4 is 0 Å². The summed E-state index contributed by atoms with van der Waals surface area (Å²) in [5.74, 6) is -2.63. The molecule has 1 aromatic rings. The van der Waals surface area contributed by atoms with Crippen molar-refractivity contribution in [2.75, 3.05) is 6.54 Å². The van der Waals surface area contributed by atoms with Crippen LogP contribution in [0.4, 0.5) is 0 Å². The number of hydrogen-bond donors (Lipinski definition) is 1. The molecule has 5 nitrogen and oxygen atoms in total. The Labute approximate surface area is 162 Å². The average molecular weight is 398 g/mol. The molecular formula is C19H21Cl2NO4. The van der Waals surface area contributed by atoms with E-state index in [0.29, 0.717) is 32.3 Å². The van der Waals surface area contributed by atoms with Crippen LogP contribution in [0.2, 0.25) is 10.0 Å². The van der Waals surface area contributed by atoms with Crippen LogP contribution in [0.1, 0.15) is 36.1 Å². The number of imide groups is 1. The first-order valence-electron chi connectivity index (χ1n) is 8.18. The van der Waals surface area contributed by atoms with Crippen molar-refractivity contribution in [3.05, 3.63) is 44.5 Å². The Hall–Kier alpha value is -1.85. The Morgan fingerprint density at radius 1 is 1.04 bits per heavy atom. The third-order valence-electron chi connectivity index (χ3n) is 5.19. The van der Waals surface area contributed by atoms with Gasteiger partial charge >= 0.3 is 5.97 Å². The summed E-state index contributed by atoms with van der Waals surface area (Å²) in [5, 5.41) is 11.0. The minimum absolute atomic E-state index is 0.290. The van der Waals surface area contributed by atoms with Gasteiger partial charge in [-0.05, 0) is 48.9 Å². The van der Waals surface area contributed by atoms with Crippen molar-refractivity contribution in [1.82, 2.24) is 4.90 Å². The van der Waals surface area contributed by atoms with Gasteiger partial charge in [0.1, 0.15) is 5.41 Å². The molecule has 0 fully saturated rings. The second-order valence-corrected chi connectivity index (χ2v) is 7.66. The van der Waals surface area contributed by atoms with Crippen LogP contribution in [0.25, 0.3) is 0 Å². The summed E-state index contributed by atoms with van der Waals surface area (Å²) in [4.78, 5) is 37.6. The molecule has 1 atom stereocenters. The summed E-state index contributed by atoms with van der Waals surface area (Å²) in [6.45, 7) is 8.44. The van der Waals surface area contributed by atoms with E-state index in [4.69, 9.17) is 23.2 Å². The fourth-order valence-corrected chi connectivity index (χ4v) is 4.06. The van der Waals surface area contributed by atoms with Gasteiger partial charge in [0.2, 0.25) is 0 Å². The lowest BCUT2D eigenvalue weighted by Crippen LogP contribution is -2.52. The van der Waals surface area contributed by atoms with Gasteiger partial charge in [-0.15, -0.1) is 0 Å². The maximum Gasteiger partial charge on any atom is 0.316 e. The van der Waals surface area contributed by atoms with Crippen molar-refractivity contribution in [3.8, 4) is 0 Å². The number of hydrogen-bond acceptors (Lipinski definition) is 3. The van der Waals surface area contributed by atoms with Gasteiger partial charge in [-0.1, -0.05) is 37.0 Å². The molecule has 2 amide bonds. The second-order valence-electron chi connectivity index (χ2n) is 6.91. The van der Waals surface area contributed by atoms with Crippen molar-refractivity contribution in [2.45, 2.75) is 40.0 Å². The quantitative estimate of drug-likeness (QED) is 0.766. The highest BCUT2D eigenvalue weighted by atomic mass is 35.5. The predicted molar refractivity (Wildman–Crippen MR) is 101 cm³/mol. The number of carbonyl (C=O) groups excluding carboxylic acids is 2. The van der Waals surface area contributed by atoms with E-state index in [1.54, 1.807) is 34.6 Å². The monoisotopic (exact) mass is 397 g/mol. The van der Waals surface area contributed by atoms with Gasteiger partial charge in [-0.25, -0.2) is 0 Å². The zero-order valence-corrected chi connectivity index (χ0v) is 16.8. The fraction of sp³-hybridized carbons (Fsp3) is 0.421. The van der Waals surface area contributed by atoms with E-state index in [-0.39, 0.29) is 6.54 Å². The Balaban J connectivity index is 2.81. The van der Waals surface area contributed by atoms with Crippen molar-refractivity contribution in [3.63, 3.8) is 0 Å². The Bertz CT molecular complexity index is 797. The molecule has 1 N–H and O–H groups in total. The number of carboxylic acids is 1. The predicted octanol–water partition coefficient (Wildman–Crippen LogP) is 3.82. The molecule has 2 rings (SSSR count). The lowest BCUT2D eigenvalue weighted by Gasteiger charge is -2.39. The summed E-state index contributed by atoms with van der Waals surface area (Å²) >= 11 is 12.8. The Morgan fingerprint density at radius 3 is 1.81 bits per heavy atom. The Kier molecular flexibility index (Phi) is 5.54. The number of carbonyl (C=O) groups is 3. The lowest BCUT2D eigenvalue weighted by atomic mass is 9.68. The van der Waals surface area contributed by atoms with E-state index in [1.165, 1.54) is 0 Å². The standard InChI is InChI=1S/C19H21Cl2NO4/c1-9(2)19(18(25)26,8-22-13(23)6-7-14(22)24)15-10(3)16(20)12(5)17(21)11(15)4/h6-7,9H,8H2,1-5H3,(H,25,26). The SMILES string of the molecule is Cc1c(Cl)c(C)c(C(CN2C(=O)C=CC2=O)(C(=O)O)C(C)C)c(C)c1Cl. The minimum Gasteiger partial charge on any atom is -0.481 e. The fourth-order valence-electron chi connectivity index (χ4n) is 3.64. The van der Waals surface area contributed by atoms with E-state index in [2.05, 4.69) is 0 Å². The summed E-state index contributed by atoms with van der Waals surface area (Å²) < 4.78 is 0. The molecule has 7 heteroatoms. The third-order valence-corrected chi connectivity index (χ3v) is 6.32. The van der Waals surface area contributed by atoms with Crippen LogP contribution in [0.5, 0.6) is 0 Å². The molecule has 0 radical (unpaired) electrons. The highest BCUT2D eigenvalue weighted by Crippen LogP contribution is 2.44. The summed E-state index contributed by atoms with van der Waals surface area (Å²) in [6.07, 6.45) is 2.29. The molecule has 1 heterocycles. The largest absolute Gasteiger partial charge is 0.481 e. The van der Waals surface area contributed by atoms with Crippen LogP contribution >= 0.6 is 23.2 Å². The summed E-state index contributed by atoms with van der Waals surface area (Å²) in [7, 11) is 0. The molecule has 1 aliphatic rings. The van der Waals surface area contributed by atoms with E-state index < -0.39 is 29.1 Å². The molecule has 26 heavy (non-hydrogen) atoms. The van der Waals surface area contributed by atoms with Crippen LogP contribution in [0, 0.1) is 26.7 Å². The van der Waals surface area contributed by atoms with Crippen LogP contribution in [0.15, 0.2) is 12.2 Å². The van der Waals surface area contributed by atoms with Gasteiger partial charge in [0, 0.05) is 28.7 Å². The smallest absolute Gasteiger partial charge is 0.316 e. The van der Waals surface area contributed by atoms with Gasteiger partial charge in [-0.3, -0.25) is 19.3 Å². The van der Waals surface area contributed by atoms with Crippen molar-refractivity contribution in [2.24, 2.45) is 5.92 Å². The van der Waals surface area contributed by atoms with Gasteiger partial charge in [-0.2, -0.15) is 0 Å². The molecule has 0 spiro atoms. The molecule has 1 aromatic carbocycles. The number of halogens is 2. The van der Waals surface area contributed by atoms with Gasteiger partial charge in [0.15, 0.2) is 0 Å². The van der Waals surface area contributed by atoms with Crippen molar-refractivity contribution < 1.29 is 19.5 Å². The van der Waals surface area contributed by atoms with Crippen LogP contribution in [0.3, 0.4) is 0 Å². The van der Waals surface area contributed by atoms with E-state index in [9.17, 15) is 19.5 Å². The summed E-state index contributed by atoms with van der Waals surface area (Å²) in [5.41, 5.74) is 0.772. The molecule has 140 valence electrons. The normalized spacial score (nSPS) is 16.5. The van der Waals surface area contributed by atoms with Crippen LogP contribution in [-0.2, 0) is 19.8 Å². The highest BCUT2D eigenvalue weighted by Gasteiger charge is 2.49. The van der Waals surface area contributed by atoms with Crippen LogP contribution in [-0.4, -0.2) is 34.3 Å². The van der Waals surface area contributed by atoms with E-state index in [1.807, 2.05) is 0 Å². The second kappa shape index (κ2) is 7.05. The lowest BCUT2D eigenvalue weighted by molar-refractivity contribution is -0.149. The number of rotatable bonds is 5. The molecular weight excluding hydrogens is 377 g/mol. The maximum atomic E-state index is 12.5. The van der Waals surface area contributed by atoms with E-state index in [0.717, 1.165) is 17.1 Å². The topological polar surface area (TPSA) is 74.7 Å². The molecule has 1 unspecified atom stereocenters. The first-order chi connectivity index (χ1) is 12.0. The summed E-state index contributed by atoms with van der Waals surface area (Å²) in [6, 6.07) is 0.